The highest BCUT2D eigenvalue weighted by molar-refractivity contribution is 6.13. The molecule has 17 heteroatoms. The number of piperazine rings is 1. The number of rotatable bonds is 11. The maximum Gasteiger partial charge on any atom is 0.257 e. The number of nitrogens with zero attached hydrogens (tertiary/aromatic N) is 8. The fourth-order valence-electron chi connectivity index (χ4n) is 12.1. The van der Waals surface area contributed by atoms with Gasteiger partial charge in [0.2, 0.25) is 17.7 Å². The van der Waals surface area contributed by atoms with Crippen LogP contribution in [0.3, 0.4) is 0 Å². The van der Waals surface area contributed by atoms with Crippen molar-refractivity contribution >= 4 is 51.6 Å². The molecule has 0 unspecified atom stereocenters. The van der Waals surface area contributed by atoms with Gasteiger partial charge < -0.3 is 14.8 Å². The van der Waals surface area contributed by atoms with E-state index in [0.717, 1.165) is 84.8 Å². The first-order valence-electron chi connectivity index (χ1n) is 25.8. The Labute approximate surface area is 424 Å². The minimum absolute atomic E-state index is 0.0183. The first-order chi connectivity index (χ1) is 34.9. The highest BCUT2D eigenvalue weighted by Gasteiger charge is 2.49. The standard InChI is InChI=1S/C56H66F2N10O5/c1-33-24-38(26-44(58)51(33)37-13-19-64(20-14-37)35(3)47-28-41-45(10-16-60-52(41)62(47)7)67-21-15-40(59-6)27-50(67)70)54(72)65-17-11-36(12-18-65)31-66-23-22-63(30-34(66)2)32-39-25-42-48(29-43(39)57)68(55(73)56(42,4)5)46-8-9-49(69)61-53(46)71/h10,13,15-16,21,24-29,34-36,46,59H,8-9,11-12,14,17-20,22-23,30-32H2,1-7H3,(H,61,69,71)/t34-,35-,46+/m0/s1. The summed E-state index contributed by atoms with van der Waals surface area (Å²) in [5, 5.41) is 6.23. The van der Waals surface area contributed by atoms with Gasteiger partial charge in [-0.05, 0) is 125 Å². The second-order valence-electron chi connectivity index (χ2n) is 21.4. The smallest absolute Gasteiger partial charge is 0.257 e. The van der Waals surface area contributed by atoms with Crippen LogP contribution in [0.2, 0.25) is 0 Å². The van der Waals surface area contributed by atoms with Crippen LogP contribution < -0.4 is 21.1 Å². The molecule has 2 N–H and O–H groups in total. The van der Waals surface area contributed by atoms with Gasteiger partial charge in [-0.2, -0.15) is 0 Å². The lowest BCUT2D eigenvalue weighted by atomic mass is 9.85. The number of halogens is 2. The van der Waals surface area contributed by atoms with Gasteiger partial charge >= 0.3 is 0 Å². The molecule has 384 valence electrons. The third-order valence-corrected chi connectivity index (χ3v) is 16.5. The van der Waals surface area contributed by atoms with E-state index in [4.69, 9.17) is 0 Å². The van der Waals surface area contributed by atoms with Crippen molar-refractivity contribution in [1.29, 1.82) is 0 Å². The van der Waals surface area contributed by atoms with E-state index < -0.39 is 23.2 Å². The molecule has 3 fully saturated rings. The molecule has 73 heavy (non-hydrogen) atoms. The summed E-state index contributed by atoms with van der Waals surface area (Å²) in [5.41, 5.74) is 6.49. The van der Waals surface area contributed by atoms with Crippen LogP contribution in [0.5, 0.6) is 0 Å². The molecule has 0 aliphatic carbocycles. The number of aryl methyl sites for hydroxylation is 2. The van der Waals surface area contributed by atoms with Gasteiger partial charge in [0.1, 0.15) is 23.3 Å². The van der Waals surface area contributed by atoms with Gasteiger partial charge in [-0.1, -0.05) is 6.08 Å². The molecule has 3 saturated heterocycles. The van der Waals surface area contributed by atoms with Crippen molar-refractivity contribution in [2.45, 2.75) is 96.8 Å². The van der Waals surface area contributed by atoms with E-state index in [1.165, 1.54) is 17.0 Å². The average Bonchev–Trinajstić information content (AvgIpc) is 3.81. The number of anilines is 2. The molecule has 5 aromatic rings. The third kappa shape index (κ3) is 9.28. The molecule has 15 nitrogen and oxygen atoms in total. The fourth-order valence-corrected chi connectivity index (χ4v) is 12.1. The fraction of sp³-hybridized carbons (Fsp3) is 0.464. The van der Waals surface area contributed by atoms with E-state index in [0.29, 0.717) is 66.5 Å². The Morgan fingerprint density at radius 3 is 2.40 bits per heavy atom. The number of nitrogens with one attached hydrogen (secondary N) is 2. The molecule has 3 aromatic heterocycles. The number of pyridine rings is 2. The Balaban J connectivity index is 0.722. The van der Waals surface area contributed by atoms with Gasteiger partial charge in [0.25, 0.3) is 11.5 Å². The average molecular weight is 997 g/mol. The summed E-state index contributed by atoms with van der Waals surface area (Å²) in [4.78, 5) is 80.2. The van der Waals surface area contributed by atoms with E-state index in [9.17, 15) is 24.0 Å². The summed E-state index contributed by atoms with van der Waals surface area (Å²) in [6.07, 6.45) is 8.29. The molecule has 5 aliphatic heterocycles. The number of aromatic nitrogens is 3. The molecule has 5 aliphatic rings. The van der Waals surface area contributed by atoms with E-state index >= 15 is 8.78 Å². The minimum atomic E-state index is -0.956. The number of piperidine rings is 2. The van der Waals surface area contributed by atoms with E-state index in [1.54, 1.807) is 50.0 Å². The Bertz CT molecular complexity index is 3110. The first kappa shape index (κ1) is 50.0. The Kier molecular flexibility index (Phi) is 13.5. The molecule has 0 spiro atoms. The van der Waals surface area contributed by atoms with Crippen molar-refractivity contribution in [2.75, 3.05) is 69.6 Å². The lowest BCUT2D eigenvalue weighted by Crippen LogP contribution is -2.55. The van der Waals surface area contributed by atoms with E-state index in [2.05, 4.69) is 60.9 Å². The number of fused-ring (bicyclic) bond motifs is 2. The van der Waals surface area contributed by atoms with Crippen LogP contribution >= 0.6 is 0 Å². The second kappa shape index (κ2) is 19.7. The molecule has 4 amide bonds. The lowest BCUT2D eigenvalue weighted by Gasteiger charge is -2.42. The van der Waals surface area contributed by atoms with Crippen LogP contribution in [0.15, 0.2) is 71.8 Å². The summed E-state index contributed by atoms with van der Waals surface area (Å²) in [7, 11) is 3.78. The zero-order valence-corrected chi connectivity index (χ0v) is 42.9. The van der Waals surface area contributed by atoms with E-state index in [1.807, 2.05) is 37.1 Å². The normalized spacial score (nSPS) is 21.7. The first-order valence-corrected chi connectivity index (χ1v) is 25.8. The zero-order chi connectivity index (χ0) is 51.6. The van der Waals surface area contributed by atoms with E-state index in [-0.39, 0.29) is 54.0 Å². The Hall–Kier alpha value is -6.56. The number of hydrogen-bond acceptors (Lipinski definition) is 10. The SMILES string of the molecule is CNc1ccn(-c2ccnc3c2cc([C@H](C)N2CC=C(c4c(C)cc(C(=O)N5CCC(CN6CCN(Cc7cc8c(cc7F)N([C@@H]7CCC(=O)NC7=O)C(=O)C8(C)C)C[C@@H]6C)CC5)cc4F)CC2)n3C)c(=O)c1. The predicted octanol–water partition coefficient (Wildman–Crippen LogP) is 6.69. The van der Waals surface area contributed by atoms with Gasteiger partial charge in [0.15, 0.2) is 0 Å². The number of carbonyl (C=O) groups is 4. The highest BCUT2D eigenvalue weighted by Crippen LogP contribution is 2.45. The van der Waals surface area contributed by atoms with Crippen LogP contribution in [0.1, 0.15) is 104 Å². The molecule has 0 radical (unpaired) electrons. The predicted molar refractivity (Wildman–Crippen MR) is 278 cm³/mol. The number of carbonyl (C=O) groups excluding carboxylic acids is 4. The summed E-state index contributed by atoms with van der Waals surface area (Å²) in [6, 6.07) is 13.2. The van der Waals surface area contributed by atoms with Crippen LogP contribution in [0, 0.1) is 24.5 Å². The van der Waals surface area contributed by atoms with Crippen molar-refractivity contribution in [1.82, 2.24) is 39.0 Å². The number of benzene rings is 2. The van der Waals surface area contributed by atoms with Gasteiger partial charge in [-0.25, -0.2) is 13.8 Å². The molecular formula is C56H66F2N10O5. The van der Waals surface area contributed by atoms with Crippen LogP contribution in [-0.4, -0.2) is 129 Å². The van der Waals surface area contributed by atoms with Gasteiger partial charge in [-0.15, -0.1) is 0 Å². The summed E-state index contributed by atoms with van der Waals surface area (Å²) in [5.74, 6) is -1.72. The topological polar surface area (TPSA) is 148 Å². The maximum atomic E-state index is 16.2. The molecule has 10 rings (SSSR count). The summed E-state index contributed by atoms with van der Waals surface area (Å²) < 4.78 is 35.8. The number of amides is 4. The Morgan fingerprint density at radius 1 is 0.932 bits per heavy atom. The van der Waals surface area contributed by atoms with Crippen molar-refractivity contribution in [2.24, 2.45) is 13.0 Å². The van der Waals surface area contributed by atoms with Crippen LogP contribution in [-0.2, 0) is 33.4 Å². The van der Waals surface area contributed by atoms with Crippen molar-refractivity contribution < 1.29 is 28.0 Å². The number of likely N-dealkylation sites (tertiary alicyclic amines) is 1. The quantitative estimate of drug-likeness (QED) is 0.137. The molecule has 0 saturated carbocycles. The zero-order valence-electron chi connectivity index (χ0n) is 42.9. The largest absolute Gasteiger partial charge is 0.388 e. The highest BCUT2D eigenvalue weighted by atomic mass is 19.1. The molecule has 2 aromatic carbocycles. The molecular weight excluding hydrogens is 931 g/mol. The minimum Gasteiger partial charge on any atom is -0.388 e. The summed E-state index contributed by atoms with van der Waals surface area (Å²) in [6.45, 7) is 16.0. The maximum absolute atomic E-state index is 16.2. The molecule has 0 bridgehead atoms. The van der Waals surface area contributed by atoms with Gasteiger partial charge in [0, 0.05) is 143 Å². The second-order valence-corrected chi connectivity index (χ2v) is 21.4. The van der Waals surface area contributed by atoms with Crippen molar-refractivity contribution in [3.63, 3.8) is 0 Å². The monoisotopic (exact) mass is 997 g/mol. The number of imide groups is 1. The van der Waals surface area contributed by atoms with Crippen LogP contribution in [0.4, 0.5) is 20.2 Å². The molecule has 3 atom stereocenters. The number of hydrogen-bond donors (Lipinski definition) is 2. The van der Waals surface area contributed by atoms with Crippen LogP contribution in [0.25, 0.3) is 22.3 Å². The molecule has 8 heterocycles. The Morgan fingerprint density at radius 2 is 1.71 bits per heavy atom. The lowest BCUT2D eigenvalue weighted by molar-refractivity contribution is -0.136. The van der Waals surface area contributed by atoms with Crippen molar-refractivity contribution in [3.8, 4) is 5.69 Å². The van der Waals surface area contributed by atoms with Crippen molar-refractivity contribution in [3.05, 3.63) is 123 Å². The van der Waals surface area contributed by atoms with Gasteiger partial charge in [-0.3, -0.25) is 53.5 Å². The van der Waals surface area contributed by atoms with Gasteiger partial charge in [0.05, 0.1) is 16.8 Å². The third-order valence-electron chi connectivity index (χ3n) is 16.5. The summed E-state index contributed by atoms with van der Waals surface area (Å²) >= 11 is 0.